The fraction of sp³-hybridized carbons (Fsp3) is 0.786. The van der Waals surface area contributed by atoms with Crippen molar-refractivity contribution in [2.24, 2.45) is 18.7 Å². The first-order valence-electron chi connectivity index (χ1n) is 7.07. The van der Waals surface area contributed by atoms with E-state index in [1.165, 1.54) is 48.0 Å². The molecule has 2 N–H and O–H groups in total. The molecular weight excluding hydrogens is 290 g/mol. The van der Waals surface area contributed by atoms with Crippen molar-refractivity contribution >= 4 is 15.9 Å². The number of hydrogen-bond acceptors (Lipinski definition) is 2. The average Bonchev–Trinajstić information content (AvgIpc) is 2.53. The highest BCUT2D eigenvalue weighted by Gasteiger charge is 2.21. The summed E-state index contributed by atoms with van der Waals surface area (Å²) >= 11 is 3.71. The molecule has 102 valence electrons. The SMILES string of the molecule is CCc1nn(C)c(CC2CCCCC(N)C2)c1Br. The van der Waals surface area contributed by atoms with Crippen LogP contribution in [0.1, 0.15) is 50.4 Å². The van der Waals surface area contributed by atoms with E-state index in [9.17, 15) is 0 Å². The summed E-state index contributed by atoms with van der Waals surface area (Å²) in [6.07, 6.45) is 8.39. The Labute approximate surface area is 118 Å². The van der Waals surface area contributed by atoms with Crippen LogP contribution in [0.4, 0.5) is 0 Å². The van der Waals surface area contributed by atoms with E-state index >= 15 is 0 Å². The smallest absolute Gasteiger partial charge is 0.0766 e. The fourth-order valence-corrected chi connectivity index (χ4v) is 3.78. The third-order valence-corrected chi connectivity index (χ3v) is 4.97. The summed E-state index contributed by atoms with van der Waals surface area (Å²) in [5.41, 5.74) is 8.66. The molecule has 0 spiro atoms. The Morgan fingerprint density at radius 3 is 2.78 bits per heavy atom. The van der Waals surface area contributed by atoms with Gasteiger partial charge in [0.15, 0.2) is 0 Å². The Morgan fingerprint density at radius 1 is 1.39 bits per heavy atom. The molecule has 4 heteroatoms. The van der Waals surface area contributed by atoms with Crippen LogP contribution in [0.2, 0.25) is 0 Å². The van der Waals surface area contributed by atoms with Gasteiger partial charge in [0.05, 0.1) is 15.9 Å². The van der Waals surface area contributed by atoms with E-state index in [-0.39, 0.29) is 0 Å². The van der Waals surface area contributed by atoms with Crippen molar-refractivity contribution < 1.29 is 0 Å². The quantitative estimate of drug-likeness (QED) is 0.871. The molecule has 2 atom stereocenters. The summed E-state index contributed by atoms with van der Waals surface area (Å²) in [4.78, 5) is 0. The Bertz CT molecular complexity index is 400. The van der Waals surface area contributed by atoms with Gasteiger partial charge in [-0.25, -0.2) is 0 Å². The Kier molecular flexibility index (Phi) is 4.84. The molecule has 3 nitrogen and oxygen atoms in total. The Morgan fingerprint density at radius 2 is 2.11 bits per heavy atom. The van der Waals surface area contributed by atoms with Gasteiger partial charge in [-0.2, -0.15) is 5.10 Å². The first kappa shape index (κ1) is 14.1. The average molecular weight is 314 g/mol. The van der Waals surface area contributed by atoms with Gasteiger partial charge >= 0.3 is 0 Å². The zero-order valence-electron chi connectivity index (χ0n) is 11.5. The lowest BCUT2D eigenvalue weighted by atomic mass is 9.93. The van der Waals surface area contributed by atoms with E-state index in [0.717, 1.165) is 18.8 Å². The van der Waals surface area contributed by atoms with Crippen molar-refractivity contribution in [1.29, 1.82) is 0 Å². The lowest BCUT2D eigenvalue weighted by molar-refractivity contribution is 0.420. The van der Waals surface area contributed by atoms with Gasteiger partial charge in [-0.05, 0) is 47.5 Å². The minimum atomic E-state index is 0.398. The van der Waals surface area contributed by atoms with Crippen LogP contribution in [0.15, 0.2) is 4.47 Å². The molecule has 0 saturated heterocycles. The zero-order chi connectivity index (χ0) is 13.1. The summed E-state index contributed by atoms with van der Waals surface area (Å²) in [6.45, 7) is 2.15. The molecule has 1 aromatic heterocycles. The first-order chi connectivity index (χ1) is 8.61. The van der Waals surface area contributed by atoms with Crippen LogP contribution in [-0.2, 0) is 19.9 Å². The van der Waals surface area contributed by atoms with E-state index in [1.54, 1.807) is 0 Å². The maximum Gasteiger partial charge on any atom is 0.0766 e. The van der Waals surface area contributed by atoms with Gasteiger partial charge in [-0.1, -0.05) is 26.2 Å². The van der Waals surface area contributed by atoms with E-state index < -0.39 is 0 Å². The van der Waals surface area contributed by atoms with Crippen molar-refractivity contribution in [3.8, 4) is 0 Å². The van der Waals surface area contributed by atoms with Crippen LogP contribution in [0.25, 0.3) is 0 Å². The lowest BCUT2D eigenvalue weighted by Crippen LogP contribution is -2.22. The molecule has 1 fully saturated rings. The Hall–Kier alpha value is -0.350. The second-order valence-electron chi connectivity index (χ2n) is 5.53. The molecule has 0 radical (unpaired) electrons. The number of rotatable bonds is 3. The minimum absolute atomic E-state index is 0.398. The summed E-state index contributed by atoms with van der Waals surface area (Å²) < 4.78 is 3.25. The van der Waals surface area contributed by atoms with Crippen LogP contribution < -0.4 is 5.73 Å². The number of aromatic nitrogens is 2. The zero-order valence-corrected chi connectivity index (χ0v) is 13.0. The lowest BCUT2D eigenvalue weighted by Gasteiger charge is -2.17. The van der Waals surface area contributed by atoms with Gasteiger partial charge < -0.3 is 5.73 Å². The topological polar surface area (TPSA) is 43.8 Å². The highest BCUT2D eigenvalue weighted by atomic mass is 79.9. The predicted molar refractivity (Wildman–Crippen MR) is 78.5 cm³/mol. The molecule has 0 bridgehead atoms. The van der Waals surface area contributed by atoms with E-state index in [2.05, 4.69) is 35.0 Å². The highest BCUT2D eigenvalue weighted by molar-refractivity contribution is 9.10. The maximum atomic E-state index is 6.15. The van der Waals surface area contributed by atoms with E-state index in [4.69, 9.17) is 5.73 Å². The number of halogens is 1. The van der Waals surface area contributed by atoms with Gasteiger partial charge in [-0.15, -0.1) is 0 Å². The summed E-state index contributed by atoms with van der Waals surface area (Å²) in [5, 5.41) is 4.58. The normalized spacial score (nSPS) is 25.1. The predicted octanol–water partition coefficient (Wildman–Crippen LogP) is 3.20. The van der Waals surface area contributed by atoms with E-state index in [0.29, 0.717) is 6.04 Å². The number of nitrogens with zero attached hydrogens (tertiary/aromatic N) is 2. The van der Waals surface area contributed by atoms with E-state index in [1.807, 2.05) is 4.68 Å². The number of aryl methyl sites for hydroxylation is 2. The van der Waals surface area contributed by atoms with Crippen LogP contribution >= 0.6 is 15.9 Å². The van der Waals surface area contributed by atoms with Crippen molar-refractivity contribution in [1.82, 2.24) is 9.78 Å². The molecule has 0 amide bonds. The van der Waals surface area contributed by atoms with Gasteiger partial charge in [0.1, 0.15) is 0 Å². The van der Waals surface area contributed by atoms with Gasteiger partial charge in [0.25, 0.3) is 0 Å². The molecule has 0 aliphatic heterocycles. The Balaban J connectivity index is 2.10. The molecule has 1 saturated carbocycles. The third kappa shape index (κ3) is 3.15. The third-order valence-electron chi connectivity index (χ3n) is 4.06. The van der Waals surface area contributed by atoms with Crippen molar-refractivity contribution in [2.75, 3.05) is 0 Å². The molecule has 2 rings (SSSR count). The second-order valence-corrected chi connectivity index (χ2v) is 6.33. The molecule has 1 heterocycles. The minimum Gasteiger partial charge on any atom is -0.328 e. The number of hydrogen-bond donors (Lipinski definition) is 1. The maximum absolute atomic E-state index is 6.15. The molecule has 0 aromatic carbocycles. The van der Waals surface area contributed by atoms with Gasteiger partial charge in [0.2, 0.25) is 0 Å². The standard InChI is InChI=1S/C14H24BrN3/c1-3-12-14(15)13(18(2)17-12)9-10-6-4-5-7-11(16)8-10/h10-11H,3-9,16H2,1-2H3. The highest BCUT2D eigenvalue weighted by Crippen LogP contribution is 2.29. The molecule has 1 aliphatic carbocycles. The van der Waals surface area contributed by atoms with Crippen molar-refractivity contribution in [2.45, 2.75) is 57.9 Å². The number of nitrogens with two attached hydrogens (primary N) is 1. The monoisotopic (exact) mass is 313 g/mol. The largest absolute Gasteiger partial charge is 0.328 e. The molecule has 1 aromatic rings. The van der Waals surface area contributed by atoms with Crippen LogP contribution in [-0.4, -0.2) is 15.8 Å². The van der Waals surface area contributed by atoms with Gasteiger partial charge in [-0.3, -0.25) is 4.68 Å². The van der Waals surface area contributed by atoms with Crippen LogP contribution in [0.3, 0.4) is 0 Å². The molecule has 1 aliphatic rings. The summed E-state index contributed by atoms with van der Waals surface area (Å²) in [7, 11) is 2.05. The molecule has 18 heavy (non-hydrogen) atoms. The fourth-order valence-electron chi connectivity index (χ4n) is 3.00. The van der Waals surface area contributed by atoms with Crippen LogP contribution in [0, 0.1) is 5.92 Å². The van der Waals surface area contributed by atoms with Crippen molar-refractivity contribution in [3.63, 3.8) is 0 Å². The van der Waals surface area contributed by atoms with Crippen LogP contribution in [0.5, 0.6) is 0 Å². The van der Waals surface area contributed by atoms with Crippen molar-refractivity contribution in [3.05, 3.63) is 15.9 Å². The molecular formula is C14H24BrN3. The second kappa shape index (κ2) is 6.20. The first-order valence-corrected chi connectivity index (χ1v) is 7.87. The van der Waals surface area contributed by atoms with Gasteiger partial charge in [0, 0.05) is 13.1 Å². The summed E-state index contributed by atoms with van der Waals surface area (Å²) in [6, 6.07) is 0.398. The molecule has 2 unspecified atom stereocenters. The summed E-state index contributed by atoms with van der Waals surface area (Å²) in [5.74, 6) is 0.721.